The zero-order valence-corrected chi connectivity index (χ0v) is 11.7. The molecule has 20 heavy (non-hydrogen) atoms. The number of benzene rings is 1. The minimum absolute atomic E-state index is 0.00998. The van der Waals surface area contributed by atoms with Gasteiger partial charge >= 0.3 is 0 Å². The molecule has 1 saturated carbocycles. The van der Waals surface area contributed by atoms with Gasteiger partial charge in [0, 0.05) is 0 Å². The maximum atomic E-state index is 12.2. The minimum atomic E-state index is -3.82. The van der Waals surface area contributed by atoms with Crippen LogP contribution < -0.4 is 15.2 Å². The molecule has 1 amide bonds. The second-order valence-electron chi connectivity index (χ2n) is 4.77. The van der Waals surface area contributed by atoms with Gasteiger partial charge in [0.15, 0.2) is 0 Å². The third-order valence-electron chi connectivity index (χ3n) is 3.25. The van der Waals surface area contributed by atoms with Crippen LogP contribution in [0.3, 0.4) is 0 Å². The highest BCUT2D eigenvalue weighted by molar-refractivity contribution is 7.89. The lowest BCUT2D eigenvalue weighted by atomic mass is 10.2. The summed E-state index contributed by atoms with van der Waals surface area (Å²) < 4.78 is 31.8. The first-order valence-electron chi connectivity index (χ1n) is 5.96. The molecule has 0 aliphatic heterocycles. The van der Waals surface area contributed by atoms with Gasteiger partial charge in [-0.3, -0.25) is 4.79 Å². The number of carbonyl (C=O) groups is 1. The molecule has 1 aliphatic carbocycles. The molecule has 1 aromatic rings. The fourth-order valence-corrected chi connectivity index (χ4v) is 3.31. The number of sulfonamides is 1. The maximum Gasteiger partial charge on any atom is 0.252 e. The zero-order chi connectivity index (χ0) is 15.0. The summed E-state index contributed by atoms with van der Waals surface area (Å²) in [4.78, 5) is 11.2. The Hall–Kier alpha value is -1.64. The van der Waals surface area contributed by atoms with Crippen LogP contribution in [-0.4, -0.2) is 38.7 Å². The van der Waals surface area contributed by atoms with Crippen LogP contribution in [0.4, 0.5) is 0 Å². The lowest BCUT2D eigenvalue weighted by Gasteiger charge is -2.15. The van der Waals surface area contributed by atoms with Crippen LogP contribution in [0.1, 0.15) is 23.2 Å². The number of hydrogen-bond acceptors (Lipinski definition) is 5. The molecule has 110 valence electrons. The van der Waals surface area contributed by atoms with Gasteiger partial charge in [0.25, 0.3) is 5.91 Å². The largest absolute Gasteiger partial charge is 0.496 e. The van der Waals surface area contributed by atoms with Crippen molar-refractivity contribution in [3.8, 4) is 5.75 Å². The Morgan fingerprint density at radius 2 is 2.15 bits per heavy atom. The van der Waals surface area contributed by atoms with E-state index < -0.39 is 21.5 Å². The number of aliphatic hydroxyl groups excluding tert-OH is 1. The monoisotopic (exact) mass is 300 g/mol. The van der Waals surface area contributed by atoms with Crippen molar-refractivity contribution in [1.29, 1.82) is 0 Å². The van der Waals surface area contributed by atoms with Crippen molar-refractivity contribution in [2.75, 3.05) is 13.7 Å². The quantitative estimate of drug-likeness (QED) is 0.660. The molecule has 0 unspecified atom stereocenters. The van der Waals surface area contributed by atoms with Crippen LogP contribution in [0.15, 0.2) is 23.1 Å². The van der Waals surface area contributed by atoms with Gasteiger partial charge in [0.2, 0.25) is 10.0 Å². The molecule has 0 radical (unpaired) electrons. The average Bonchev–Trinajstić information content (AvgIpc) is 3.17. The lowest BCUT2D eigenvalue weighted by Crippen LogP contribution is -2.39. The molecule has 1 aromatic carbocycles. The molecule has 0 atom stereocenters. The van der Waals surface area contributed by atoms with Crippen molar-refractivity contribution in [3.63, 3.8) is 0 Å². The normalized spacial score (nSPS) is 16.7. The molecule has 8 heteroatoms. The van der Waals surface area contributed by atoms with Crippen LogP contribution in [0.2, 0.25) is 0 Å². The fraction of sp³-hybridized carbons (Fsp3) is 0.417. The van der Waals surface area contributed by atoms with E-state index in [4.69, 9.17) is 10.5 Å². The van der Waals surface area contributed by atoms with Crippen molar-refractivity contribution >= 4 is 15.9 Å². The Morgan fingerprint density at radius 1 is 1.50 bits per heavy atom. The topological polar surface area (TPSA) is 119 Å². The Bertz CT molecular complexity index is 637. The summed E-state index contributed by atoms with van der Waals surface area (Å²) in [6, 6.07) is 3.85. The minimum Gasteiger partial charge on any atom is -0.496 e. The highest BCUT2D eigenvalue weighted by Crippen LogP contribution is 2.36. The van der Waals surface area contributed by atoms with E-state index in [2.05, 4.69) is 4.72 Å². The molecule has 0 aromatic heterocycles. The predicted molar refractivity (Wildman–Crippen MR) is 70.9 cm³/mol. The van der Waals surface area contributed by atoms with Crippen LogP contribution in [0.25, 0.3) is 0 Å². The number of nitrogens with one attached hydrogen (secondary N) is 1. The SMILES string of the molecule is COc1ccc(S(=O)(=O)NC2(CO)CC2)cc1C(N)=O. The van der Waals surface area contributed by atoms with Crippen LogP contribution >= 0.6 is 0 Å². The summed E-state index contributed by atoms with van der Waals surface area (Å²) in [6.45, 7) is -0.259. The third kappa shape index (κ3) is 2.77. The number of rotatable bonds is 6. The van der Waals surface area contributed by atoms with Gasteiger partial charge in [-0.1, -0.05) is 0 Å². The van der Waals surface area contributed by atoms with Gasteiger partial charge in [-0.05, 0) is 31.0 Å². The van der Waals surface area contributed by atoms with Crippen molar-refractivity contribution < 1.29 is 23.1 Å². The highest BCUT2D eigenvalue weighted by Gasteiger charge is 2.45. The first-order chi connectivity index (χ1) is 9.33. The molecule has 1 aliphatic rings. The number of hydrogen-bond donors (Lipinski definition) is 3. The predicted octanol–water partition coefficient (Wildman–Crippen LogP) is -0.403. The number of nitrogens with two attached hydrogens (primary N) is 1. The fourth-order valence-electron chi connectivity index (χ4n) is 1.83. The molecule has 2 rings (SSSR count). The molecule has 4 N–H and O–H groups in total. The molecule has 0 saturated heterocycles. The molecule has 0 bridgehead atoms. The van der Waals surface area contributed by atoms with Crippen molar-refractivity contribution in [2.24, 2.45) is 5.73 Å². The van der Waals surface area contributed by atoms with Gasteiger partial charge in [-0.2, -0.15) is 0 Å². The van der Waals surface area contributed by atoms with E-state index in [0.717, 1.165) is 6.07 Å². The average molecular weight is 300 g/mol. The van der Waals surface area contributed by atoms with E-state index in [1.165, 1.54) is 19.2 Å². The smallest absolute Gasteiger partial charge is 0.252 e. The molecular formula is C12H16N2O5S. The molecule has 0 heterocycles. The van der Waals surface area contributed by atoms with E-state index in [0.29, 0.717) is 12.8 Å². The summed E-state index contributed by atoms with van der Waals surface area (Å²) >= 11 is 0. The number of amides is 1. The molecule has 1 fully saturated rings. The highest BCUT2D eigenvalue weighted by atomic mass is 32.2. The first-order valence-corrected chi connectivity index (χ1v) is 7.44. The standard InChI is InChI=1S/C12H16N2O5S/c1-19-10-3-2-8(6-9(10)11(13)16)20(17,18)14-12(7-15)4-5-12/h2-3,6,14-15H,4-5,7H2,1H3,(H2,13,16). The van der Waals surface area contributed by atoms with E-state index in [-0.39, 0.29) is 22.8 Å². The summed E-state index contributed by atoms with van der Waals surface area (Å²) in [6.07, 6.45) is 1.17. The number of methoxy groups -OCH3 is 1. The first kappa shape index (κ1) is 14.8. The van der Waals surface area contributed by atoms with E-state index in [1.54, 1.807) is 0 Å². The van der Waals surface area contributed by atoms with Gasteiger partial charge in [0.1, 0.15) is 5.75 Å². The van der Waals surface area contributed by atoms with Gasteiger partial charge in [-0.15, -0.1) is 0 Å². The van der Waals surface area contributed by atoms with Crippen LogP contribution in [-0.2, 0) is 10.0 Å². The number of carbonyl (C=O) groups excluding carboxylic acids is 1. The van der Waals surface area contributed by atoms with E-state index >= 15 is 0 Å². The number of aliphatic hydroxyl groups is 1. The third-order valence-corrected chi connectivity index (χ3v) is 4.83. The second kappa shape index (κ2) is 5.04. The zero-order valence-electron chi connectivity index (χ0n) is 10.9. The van der Waals surface area contributed by atoms with Crippen LogP contribution in [0, 0.1) is 0 Å². The summed E-state index contributed by atoms with van der Waals surface area (Å²) in [5.74, 6) is -0.568. The summed E-state index contributed by atoms with van der Waals surface area (Å²) in [5, 5.41) is 9.17. The summed E-state index contributed by atoms with van der Waals surface area (Å²) in [5.41, 5.74) is 4.41. The Morgan fingerprint density at radius 3 is 2.60 bits per heavy atom. The maximum absolute atomic E-state index is 12.2. The number of primary amides is 1. The lowest BCUT2D eigenvalue weighted by molar-refractivity contribution is 0.0997. The van der Waals surface area contributed by atoms with Gasteiger partial charge in [0.05, 0.1) is 29.7 Å². The summed E-state index contributed by atoms with van der Waals surface area (Å²) in [7, 11) is -2.46. The van der Waals surface area contributed by atoms with Gasteiger partial charge in [-0.25, -0.2) is 13.1 Å². The molecule has 0 spiro atoms. The van der Waals surface area contributed by atoms with Gasteiger partial charge < -0.3 is 15.6 Å². The molecular weight excluding hydrogens is 284 g/mol. The Balaban J connectivity index is 2.37. The van der Waals surface area contributed by atoms with Crippen LogP contribution in [0.5, 0.6) is 5.75 Å². The number of ether oxygens (including phenoxy) is 1. The van der Waals surface area contributed by atoms with Crippen molar-refractivity contribution in [3.05, 3.63) is 23.8 Å². The van der Waals surface area contributed by atoms with E-state index in [1.807, 2.05) is 0 Å². The van der Waals surface area contributed by atoms with Crippen molar-refractivity contribution in [1.82, 2.24) is 4.72 Å². The van der Waals surface area contributed by atoms with Crippen molar-refractivity contribution in [2.45, 2.75) is 23.3 Å². The van der Waals surface area contributed by atoms with E-state index in [9.17, 15) is 18.3 Å². The second-order valence-corrected chi connectivity index (χ2v) is 6.45. The molecule has 7 nitrogen and oxygen atoms in total. The Labute approximate surface area is 116 Å². The Kier molecular flexibility index (Phi) is 3.72.